The molecule has 0 atom stereocenters. The van der Waals surface area contributed by atoms with Crippen LogP contribution in [0.2, 0.25) is 0 Å². The predicted molar refractivity (Wildman–Crippen MR) is 167 cm³/mol. The van der Waals surface area contributed by atoms with Gasteiger partial charge in [0.1, 0.15) is 7.05 Å². The van der Waals surface area contributed by atoms with Gasteiger partial charge in [-0.1, -0.05) is 27.0 Å². The minimum atomic E-state index is 0. The van der Waals surface area contributed by atoms with Crippen molar-refractivity contribution >= 4 is 54.3 Å². The second kappa shape index (κ2) is 12.0. The lowest BCUT2D eigenvalue weighted by Gasteiger charge is -2.19. The molecule has 0 fully saturated rings. The first-order valence-electron chi connectivity index (χ1n) is 10.7. The van der Waals surface area contributed by atoms with Crippen molar-refractivity contribution in [2.45, 2.75) is 69.2 Å². The molecule has 0 saturated carbocycles. The molecule has 0 radical (unpaired) electrons. The zero-order valence-corrected chi connectivity index (χ0v) is 24.3. The number of hydrogen-bond acceptors (Lipinski definition) is 1. The van der Waals surface area contributed by atoms with Gasteiger partial charge in [0.25, 0.3) is 0 Å². The Kier molecular flexibility index (Phi) is 10.9. The molecule has 0 unspecified atom stereocenters. The monoisotopic (exact) mass is 671 g/mol. The third-order valence-electron chi connectivity index (χ3n) is 7.26. The van der Waals surface area contributed by atoms with Crippen LogP contribution >= 0.6 is 37.2 Å². The van der Waals surface area contributed by atoms with Crippen LogP contribution in [0.3, 0.4) is 0 Å². The van der Waals surface area contributed by atoms with Crippen molar-refractivity contribution in [3.05, 3.63) is 80.6 Å². The van der Waals surface area contributed by atoms with Gasteiger partial charge >= 0.3 is 0 Å². The van der Waals surface area contributed by atoms with Crippen LogP contribution < -0.4 is 4.90 Å². The summed E-state index contributed by atoms with van der Waals surface area (Å²) in [4.78, 5) is 2.37. The van der Waals surface area contributed by atoms with Crippen LogP contribution in [-0.2, 0) is 12.8 Å². The highest BCUT2D eigenvalue weighted by Gasteiger charge is 2.29. The summed E-state index contributed by atoms with van der Waals surface area (Å²) in [5, 5.41) is 0. The summed E-state index contributed by atoms with van der Waals surface area (Å²) < 4.78 is 2.37. The Morgan fingerprint density at radius 1 is 0.818 bits per heavy atom. The number of hydrogen-bond donors (Lipinski definition) is 0. The number of benzene rings is 2. The van der Waals surface area contributed by atoms with Gasteiger partial charge in [0.05, 0.1) is 6.42 Å². The first-order chi connectivity index (χ1) is 14.7. The van der Waals surface area contributed by atoms with E-state index in [1.807, 2.05) is 0 Å². The smallest absolute Gasteiger partial charge is 0.212 e. The molecule has 0 saturated heterocycles. The van der Waals surface area contributed by atoms with E-state index >= 15 is 0 Å². The van der Waals surface area contributed by atoms with Gasteiger partial charge in [-0.3, -0.25) is 0 Å². The minimum absolute atomic E-state index is 0. The second-order valence-corrected chi connectivity index (χ2v) is 8.88. The van der Waals surface area contributed by atoms with Gasteiger partial charge < -0.3 is 4.90 Å². The lowest BCUT2D eigenvalue weighted by atomic mass is 9.97. The van der Waals surface area contributed by atoms with Crippen molar-refractivity contribution in [3.8, 4) is 0 Å². The molecule has 0 bridgehead atoms. The first kappa shape index (κ1) is 29.9. The Balaban J connectivity index is 0.00000133. The quantitative estimate of drug-likeness (QED) is 0.228. The highest BCUT2D eigenvalue weighted by atomic mass is 128. The van der Waals surface area contributed by atoms with Gasteiger partial charge in [0, 0.05) is 79.3 Å². The standard InChI is InChI=1S/C27H33N2.2CH4.I2/c1-16-12-22-14-24(28(7)26(22)20(5)18(16)3)10-9-11-25-15-23-13-17(2)19(4)21(6)27(23)29(25)8;;;1-2/h9-13H,14-15H2,1-8H3;2*1H4;/q+1;;;. The van der Waals surface area contributed by atoms with Gasteiger partial charge in [-0.05, 0) is 87.1 Å². The largest absolute Gasteiger partial charge is 0.347 e. The number of anilines is 1. The fraction of sp³-hybridized carbons (Fsp3) is 0.414. The van der Waals surface area contributed by atoms with Gasteiger partial charge in [-0.2, -0.15) is 4.58 Å². The molecule has 0 aromatic heterocycles. The molecule has 0 amide bonds. The third kappa shape index (κ3) is 5.42. The lowest BCUT2D eigenvalue weighted by molar-refractivity contribution is -0.401. The number of fused-ring (bicyclic) bond motifs is 2. The summed E-state index contributed by atoms with van der Waals surface area (Å²) in [6.45, 7) is 13.4. The predicted octanol–water partition coefficient (Wildman–Crippen LogP) is 8.98. The van der Waals surface area contributed by atoms with Crippen LogP contribution in [0.15, 0.2) is 36.1 Å². The fourth-order valence-electron chi connectivity index (χ4n) is 5.03. The summed E-state index contributed by atoms with van der Waals surface area (Å²) in [7, 11) is 4.40. The summed E-state index contributed by atoms with van der Waals surface area (Å²) in [5.41, 5.74) is 16.9. The molecule has 0 N–H and O–H groups in total. The third-order valence-corrected chi connectivity index (χ3v) is 7.26. The molecular formula is C29H41I2N2+. The Morgan fingerprint density at radius 2 is 1.36 bits per heavy atom. The zero-order valence-electron chi connectivity index (χ0n) is 20.0. The molecule has 2 aromatic carbocycles. The minimum Gasteiger partial charge on any atom is -0.347 e. The van der Waals surface area contributed by atoms with Crippen molar-refractivity contribution in [2.24, 2.45) is 0 Å². The summed E-state index contributed by atoms with van der Waals surface area (Å²) in [6.07, 6.45) is 8.84. The number of aryl methyl sites for hydroxylation is 2. The van der Waals surface area contributed by atoms with E-state index in [1.165, 1.54) is 67.3 Å². The maximum atomic E-state index is 2.37. The van der Waals surface area contributed by atoms with E-state index in [4.69, 9.17) is 0 Å². The molecule has 2 aliphatic heterocycles. The number of rotatable bonds is 2. The fourth-order valence-corrected chi connectivity index (χ4v) is 5.03. The molecule has 0 aliphatic carbocycles. The van der Waals surface area contributed by atoms with Crippen LogP contribution in [0.1, 0.15) is 59.4 Å². The van der Waals surface area contributed by atoms with Gasteiger partial charge in [0.2, 0.25) is 5.69 Å². The maximum Gasteiger partial charge on any atom is 0.212 e. The molecule has 4 heteroatoms. The van der Waals surface area contributed by atoms with E-state index in [-0.39, 0.29) is 14.9 Å². The Morgan fingerprint density at radius 3 is 1.97 bits per heavy atom. The zero-order chi connectivity index (χ0) is 23.0. The average Bonchev–Trinajstić information content (AvgIpc) is 3.22. The van der Waals surface area contributed by atoms with Crippen molar-refractivity contribution in [2.75, 3.05) is 19.0 Å². The van der Waals surface area contributed by atoms with Crippen LogP contribution in [0, 0.1) is 41.5 Å². The Bertz CT molecular complexity index is 1140. The molecule has 180 valence electrons. The number of allylic oxidation sites excluding steroid dienone is 4. The molecule has 4 rings (SSSR count). The lowest BCUT2D eigenvalue weighted by Crippen LogP contribution is -2.12. The van der Waals surface area contributed by atoms with Crippen LogP contribution in [0.5, 0.6) is 0 Å². The summed E-state index contributed by atoms with van der Waals surface area (Å²) in [6, 6.07) is 4.73. The van der Waals surface area contributed by atoms with Crippen molar-refractivity contribution in [3.63, 3.8) is 0 Å². The van der Waals surface area contributed by atoms with Gasteiger partial charge in [0.15, 0.2) is 5.71 Å². The molecular weight excluding hydrogens is 630 g/mol. The summed E-state index contributed by atoms with van der Waals surface area (Å²) >= 11 is 4.24. The normalized spacial score (nSPS) is 15.2. The number of halogens is 2. The number of likely N-dealkylation sites (N-methyl/N-ethyl adjacent to an activating group) is 1. The Hall–Kier alpha value is -1.15. The summed E-state index contributed by atoms with van der Waals surface area (Å²) in [5.74, 6) is 0. The van der Waals surface area contributed by atoms with Crippen molar-refractivity contribution in [1.29, 1.82) is 0 Å². The SMILES string of the molecule is C.C.Cc1cc2c(c(C)c1C)N(C)C(=CC=CC1=[N+](C)c3c(cc(C)c(C)c3C)C1)C2.II. The van der Waals surface area contributed by atoms with Gasteiger partial charge in [-0.15, -0.1) is 0 Å². The second-order valence-electron chi connectivity index (χ2n) is 8.88. The average molecular weight is 671 g/mol. The van der Waals surface area contributed by atoms with Crippen LogP contribution in [-0.4, -0.2) is 24.4 Å². The van der Waals surface area contributed by atoms with Crippen molar-refractivity contribution in [1.82, 2.24) is 0 Å². The van der Waals surface area contributed by atoms with Gasteiger partial charge in [-0.25, -0.2) is 0 Å². The van der Waals surface area contributed by atoms with E-state index in [1.54, 1.807) is 0 Å². The molecule has 2 nitrogen and oxygen atoms in total. The first-order valence-corrected chi connectivity index (χ1v) is 17.0. The van der Waals surface area contributed by atoms with E-state index in [9.17, 15) is 0 Å². The van der Waals surface area contributed by atoms with Crippen molar-refractivity contribution < 1.29 is 4.58 Å². The van der Waals surface area contributed by atoms with E-state index in [0.29, 0.717) is 0 Å². The molecule has 2 aliphatic rings. The highest BCUT2D eigenvalue weighted by Crippen LogP contribution is 2.39. The van der Waals surface area contributed by atoms with E-state index < -0.39 is 0 Å². The van der Waals surface area contributed by atoms with E-state index in [0.717, 1.165) is 12.8 Å². The number of nitrogens with zero attached hydrogens (tertiary/aromatic N) is 2. The molecule has 33 heavy (non-hydrogen) atoms. The van der Waals surface area contributed by atoms with E-state index in [2.05, 4.69) is 133 Å². The molecule has 2 heterocycles. The molecule has 2 aromatic rings. The Labute approximate surface area is 226 Å². The highest BCUT2D eigenvalue weighted by molar-refractivity contribution is 15.0. The van der Waals surface area contributed by atoms with Crippen LogP contribution in [0.25, 0.3) is 0 Å². The molecule has 0 spiro atoms. The maximum absolute atomic E-state index is 2.37. The van der Waals surface area contributed by atoms with Crippen LogP contribution in [0.4, 0.5) is 11.4 Å². The topological polar surface area (TPSA) is 6.25 Å².